The zero-order valence-corrected chi connectivity index (χ0v) is 15.2. The van der Waals surface area contributed by atoms with Gasteiger partial charge in [-0.25, -0.2) is 9.97 Å². The Bertz CT molecular complexity index is 753. The normalized spacial score (nSPS) is 20.8. The fourth-order valence-corrected chi connectivity index (χ4v) is 3.81. The lowest BCUT2D eigenvalue weighted by molar-refractivity contribution is 0.170. The van der Waals surface area contributed by atoms with Crippen molar-refractivity contribution >= 4 is 5.82 Å². The Morgan fingerprint density at radius 1 is 1.27 bits per heavy atom. The minimum absolute atomic E-state index is 0.216. The van der Waals surface area contributed by atoms with Crippen LogP contribution in [0.3, 0.4) is 0 Å². The number of aliphatic hydroxyl groups is 1. The molecule has 4 rings (SSSR count). The van der Waals surface area contributed by atoms with E-state index in [2.05, 4.69) is 27.1 Å². The summed E-state index contributed by atoms with van der Waals surface area (Å²) in [5, 5.41) is 12.8. The number of nitrogens with one attached hydrogen (secondary N) is 1. The van der Waals surface area contributed by atoms with Crippen LogP contribution in [-0.4, -0.2) is 70.8 Å². The number of nitrogens with zero attached hydrogens (tertiary/aromatic N) is 5. The van der Waals surface area contributed by atoms with Gasteiger partial charge < -0.3 is 15.3 Å². The van der Waals surface area contributed by atoms with Crippen LogP contribution in [0.4, 0.5) is 5.82 Å². The number of anilines is 1. The lowest BCUT2D eigenvalue weighted by Crippen LogP contribution is -2.52. The Morgan fingerprint density at radius 2 is 2.19 bits per heavy atom. The number of rotatable bonds is 4. The van der Waals surface area contributed by atoms with Crippen LogP contribution in [0.1, 0.15) is 17.7 Å². The first-order chi connectivity index (χ1) is 12.8. The van der Waals surface area contributed by atoms with Gasteiger partial charge in [0.2, 0.25) is 0 Å². The zero-order chi connectivity index (χ0) is 17.9. The number of hydrogen-bond acceptors (Lipinski definition) is 7. The molecule has 0 radical (unpaired) electrons. The third-order valence-electron chi connectivity index (χ3n) is 5.35. The number of likely N-dealkylation sites (N-methyl/N-ethyl adjacent to an activating group) is 1. The van der Waals surface area contributed by atoms with Gasteiger partial charge in [-0.05, 0) is 38.6 Å². The van der Waals surface area contributed by atoms with Crippen molar-refractivity contribution < 1.29 is 5.11 Å². The summed E-state index contributed by atoms with van der Waals surface area (Å²) in [6.07, 6.45) is 3.52. The van der Waals surface area contributed by atoms with E-state index < -0.39 is 0 Å². The lowest BCUT2D eigenvalue weighted by atomic mass is 10.0. The molecule has 1 fully saturated rings. The first kappa shape index (κ1) is 17.3. The summed E-state index contributed by atoms with van der Waals surface area (Å²) in [4.78, 5) is 18.9. The van der Waals surface area contributed by atoms with Gasteiger partial charge in [0.1, 0.15) is 11.5 Å². The van der Waals surface area contributed by atoms with Crippen molar-refractivity contribution in [1.29, 1.82) is 0 Å². The molecule has 0 unspecified atom stereocenters. The number of aliphatic hydroxyl groups excluding tert-OH is 1. The molecule has 2 aromatic rings. The van der Waals surface area contributed by atoms with Crippen molar-refractivity contribution in [3.8, 4) is 11.5 Å². The molecule has 2 aliphatic heterocycles. The predicted octanol–water partition coefficient (Wildman–Crippen LogP) is 0.687. The summed E-state index contributed by atoms with van der Waals surface area (Å²) in [6.45, 7) is 4.75. The number of hydrogen-bond donors (Lipinski definition) is 2. The maximum absolute atomic E-state index is 9.39. The van der Waals surface area contributed by atoms with Gasteiger partial charge in [-0.3, -0.25) is 9.88 Å². The molecule has 0 aromatic carbocycles. The van der Waals surface area contributed by atoms with E-state index in [1.54, 1.807) is 6.20 Å². The van der Waals surface area contributed by atoms with Crippen molar-refractivity contribution in [2.24, 2.45) is 0 Å². The third kappa shape index (κ3) is 3.42. The van der Waals surface area contributed by atoms with Crippen molar-refractivity contribution in [3.63, 3.8) is 0 Å². The fourth-order valence-electron chi connectivity index (χ4n) is 3.81. The molecule has 1 saturated heterocycles. The Kier molecular flexibility index (Phi) is 5.10. The second-order valence-electron chi connectivity index (χ2n) is 7.03. The molecular weight excluding hydrogens is 328 g/mol. The molecule has 7 nitrogen and oxygen atoms in total. The van der Waals surface area contributed by atoms with Crippen molar-refractivity contribution in [2.75, 3.05) is 44.7 Å². The highest BCUT2D eigenvalue weighted by molar-refractivity contribution is 5.58. The quantitative estimate of drug-likeness (QED) is 0.836. The highest BCUT2D eigenvalue weighted by atomic mass is 16.3. The van der Waals surface area contributed by atoms with E-state index in [-0.39, 0.29) is 6.61 Å². The Morgan fingerprint density at radius 3 is 3.00 bits per heavy atom. The number of piperazine rings is 1. The van der Waals surface area contributed by atoms with Gasteiger partial charge in [0, 0.05) is 50.6 Å². The summed E-state index contributed by atoms with van der Waals surface area (Å²) >= 11 is 0. The lowest BCUT2D eigenvalue weighted by Gasteiger charge is -2.41. The minimum atomic E-state index is 0.216. The van der Waals surface area contributed by atoms with E-state index in [4.69, 9.17) is 9.97 Å². The zero-order valence-electron chi connectivity index (χ0n) is 15.2. The molecular formula is C19H26N6O. The maximum Gasteiger partial charge on any atom is 0.180 e. The smallest absolute Gasteiger partial charge is 0.180 e. The van der Waals surface area contributed by atoms with E-state index in [0.29, 0.717) is 11.9 Å². The summed E-state index contributed by atoms with van der Waals surface area (Å²) in [5.74, 6) is 1.74. The molecule has 0 spiro atoms. The second kappa shape index (κ2) is 7.65. The van der Waals surface area contributed by atoms with Gasteiger partial charge in [0.25, 0.3) is 0 Å². The molecule has 2 aromatic heterocycles. The molecule has 1 atom stereocenters. The standard InChI is InChI=1S/C19H26N6O/c1-24-9-10-25(13-14(24)6-11-26)19-15-5-8-20-12-17(15)22-18(23-19)16-4-2-3-7-21-16/h2-4,7,14,20,26H,5-6,8-13H2,1H3/t14-/m1/s1. The van der Waals surface area contributed by atoms with Crippen LogP contribution in [0, 0.1) is 0 Å². The highest BCUT2D eigenvalue weighted by Crippen LogP contribution is 2.28. The summed E-state index contributed by atoms with van der Waals surface area (Å²) in [5.41, 5.74) is 3.15. The van der Waals surface area contributed by atoms with Crippen molar-refractivity contribution in [1.82, 2.24) is 25.2 Å². The molecule has 7 heteroatoms. The van der Waals surface area contributed by atoms with Crippen LogP contribution < -0.4 is 10.2 Å². The molecule has 2 N–H and O–H groups in total. The van der Waals surface area contributed by atoms with Gasteiger partial charge >= 0.3 is 0 Å². The van der Waals surface area contributed by atoms with E-state index in [1.807, 2.05) is 18.2 Å². The highest BCUT2D eigenvalue weighted by Gasteiger charge is 2.28. The number of pyridine rings is 1. The molecule has 0 bridgehead atoms. The van der Waals surface area contributed by atoms with Crippen LogP contribution in [0.15, 0.2) is 24.4 Å². The molecule has 4 heterocycles. The Balaban J connectivity index is 1.72. The van der Waals surface area contributed by atoms with Gasteiger partial charge in [0.15, 0.2) is 5.82 Å². The summed E-state index contributed by atoms with van der Waals surface area (Å²) < 4.78 is 0. The summed E-state index contributed by atoms with van der Waals surface area (Å²) in [6, 6.07) is 6.18. The van der Waals surface area contributed by atoms with Crippen LogP contribution in [0.5, 0.6) is 0 Å². The van der Waals surface area contributed by atoms with Crippen molar-refractivity contribution in [3.05, 3.63) is 35.7 Å². The van der Waals surface area contributed by atoms with Gasteiger partial charge in [0.05, 0.1) is 5.69 Å². The topological polar surface area (TPSA) is 77.4 Å². The van der Waals surface area contributed by atoms with Gasteiger partial charge in [-0.1, -0.05) is 6.07 Å². The molecule has 138 valence electrons. The molecule has 0 aliphatic carbocycles. The number of fused-ring (bicyclic) bond motifs is 1. The summed E-state index contributed by atoms with van der Waals surface area (Å²) in [7, 11) is 2.14. The van der Waals surface area contributed by atoms with Gasteiger partial charge in [-0.2, -0.15) is 0 Å². The Hall–Kier alpha value is -2.09. The molecule has 26 heavy (non-hydrogen) atoms. The number of aromatic nitrogens is 3. The monoisotopic (exact) mass is 354 g/mol. The van der Waals surface area contributed by atoms with E-state index in [1.165, 1.54) is 5.56 Å². The average Bonchev–Trinajstić information content (AvgIpc) is 2.70. The molecule has 0 saturated carbocycles. The minimum Gasteiger partial charge on any atom is -0.396 e. The van der Waals surface area contributed by atoms with Gasteiger partial charge in [-0.15, -0.1) is 0 Å². The van der Waals surface area contributed by atoms with E-state index in [9.17, 15) is 5.11 Å². The fraction of sp³-hybridized carbons (Fsp3) is 0.526. The Labute approximate surface area is 154 Å². The van der Waals surface area contributed by atoms with Crippen LogP contribution in [0.25, 0.3) is 11.5 Å². The average molecular weight is 354 g/mol. The second-order valence-corrected chi connectivity index (χ2v) is 7.03. The predicted molar refractivity (Wildman–Crippen MR) is 101 cm³/mol. The maximum atomic E-state index is 9.39. The van der Waals surface area contributed by atoms with E-state index >= 15 is 0 Å². The SMILES string of the molecule is CN1CCN(c2nc(-c3ccccn3)nc3c2CCNC3)C[C@H]1CCO. The third-order valence-corrected chi connectivity index (χ3v) is 5.35. The molecule has 2 aliphatic rings. The van der Waals surface area contributed by atoms with Crippen LogP contribution in [0.2, 0.25) is 0 Å². The van der Waals surface area contributed by atoms with Crippen LogP contribution in [-0.2, 0) is 13.0 Å². The molecule has 0 amide bonds. The first-order valence-corrected chi connectivity index (χ1v) is 9.34. The van der Waals surface area contributed by atoms with Crippen LogP contribution >= 0.6 is 0 Å². The largest absolute Gasteiger partial charge is 0.396 e. The van der Waals surface area contributed by atoms with Crippen molar-refractivity contribution in [2.45, 2.75) is 25.4 Å². The first-order valence-electron chi connectivity index (χ1n) is 9.34. The van der Waals surface area contributed by atoms with E-state index in [0.717, 1.165) is 62.8 Å².